The molecular weight excluding hydrogens is 324 g/mol. The fourth-order valence-corrected chi connectivity index (χ4v) is 3.33. The molecule has 1 aliphatic carbocycles. The Kier molecular flexibility index (Phi) is 4.37. The van der Waals surface area contributed by atoms with Crippen LogP contribution in [0.15, 0.2) is 47.6 Å². The van der Waals surface area contributed by atoms with Crippen LogP contribution in [0.2, 0.25) is 0 Å². The van der Waals surface area contributed by atoms with Crippen LogP contribution in [0.25, 0.3) is 0 Å². The van der Waals surface area contributed by atoms with Gasteiger partial charge in [-0.15, -0.1) is 0 Å². The normalized spacial score (nSPS) is 33.4. The van der Waals surface area contributed by atoms with E-state index in [2.05, 4.69) is 13.2 Å². The molecule has 6 nitrogen and oxygen atoms in total. The number of carbonyl (C=O) groups excluding carboxylic acids is 3. The molecule has 2 heterocycles. The van der Waals surface area contributed by atoms with Gasteiger partial charge in [-0.1, -0.05) is 18.7 Å². The lowest BCUT2D eigenvalue weighted by Crippen LogP contribution is -2.34. The summed E-state index contributed by atoms with van der Waals surface area (Å²) in [7, 11) is 0. The molecule has 0 amide bonds. The zero-order valence-corrected chi connectivity index (χ0v) is 14.2. The third-order valence-electron chi connectivity index (χ3n) is 4.57. The van der Waals surface area contributed by atoms with Crippen LogP contribution in [0.5, 0.6) is 0 Å². The molecule has 0 aromatic heterocycles. The summed E-state index contributed by atoms with van der Waals surface area (Å²) in [6.45, 7) is 10.8. The minimum atomic E-state index is -0.771. The summed E-state index contributed by atoms with van der Waals surface area (Å²) in [6, 6.07) is 0. The molecule has 1 unspecified atom stereocenters. The van der Waals surface area contributed by atoms with Gasteiger partial charge in [-0.2, -0.15) is 0 Å². The molecule has 0 aromatic carbocycles. The fraction of sp³-hybridized carbons (Fsp3) is 0.421. The van der Waals surface area contributed by atoms with Crippen LogP contribution in [0.4, 0.5) is 0 Å². The van der Waals surface area contributed by atoms with Gasteiger partial charge < -0.3 is 14.2 Å². The van der Waals surface area contributed by atoms with E-state index in [-0.39, 0.29) is 23.7 Å². The van der Waals surface area contributed by atoms with Crippen LogP contribution in [0, 0.1) is 5.92 Å². The predicted molar refractivity (Wildman–Crippen MR) is 88.2 cm³/mol. The Labute approximate surface area is 145 Å². The van der Waals surface area contributed by atoms with Gasteiger partial charge in [-0.25, -0.2) is 14.4 Å². The molecule has 1 fully saturated rings. The average molecular weight is 344 g/mol. The van der Waals surface area contributed by atoms with Crippen molar-refractivity contribution in [1.82, 2.24) is 0 Å². The van der Waals surface area contributed by atoms with E-state index in [1.165, 1.54) is 6.92 Å². The molecule has 25 heavy (non-hydrogen) atoms. The Balaban J connectivity index is 2.01. The molecule has 0 spiro atoms. The maximum atomic E-state index is 12.1. The maximum absolute atomic E-state index is 12.1. The number of esters is 3. The molecule has 132 valence electrons. The molecule has 1 saturated heterocycles. The van der Waals surface area contributed by atoms with Gasteiger partial charge >= 0.3 is 17.9 Å². The zero-order valence-electron chi connectivity index (χ0n) is 14.2. The second kappa shape index (κ2) is 6.35. The van der Waals surface area contributed by atoms with Crippen LogP contribution < -0.4 is 0 Å². The van der Waals surface area contributed by atoms with Gasteiger partial charge in [-0.3, -0.25) is 0 Å². The van der Waals surface area contributed by atoms with Gasteiger partial charge in [0.1, 0.15) is 18.3 Å². The summed E-state index contributed by atoms with van der Waals surface area (Å²) in [6.07, 6.45) is 2.52. The number of rotatable bonds is 2. The SMILES string of the molecule is C=C(C)C(=O)O[C@H]1CC2=CC(C/C(C)=C\[C@H]3OC(=O)C(=C)[C@@H]13)OC2=O. The van der Waals surface area contributed by atoms with Crippen molar-refractivity contribution in [2.45, 2.75) is 45.0 Å². The van der Waals surface area contributed by atoms with E-state index in [0.717, 1.165) is 5.57 Å². The first kappa shape index (κ1) is 17.2. The first-order chi connectivity index (χ1) is 11.8. The zero-order chi connectivity index (χ0) is 18.3. The highest BCUT2D eigenvalue weighted by molar-refractivity contribution is 5.93. The summed E-state index contributed by atoms with van der Waals surface area (Å²) in [5, 5.41) is 0. The van der Waals surface area contributed by atoms with Crippen molar-refractivity contribution in [2.24, 2.45) is 5.92 Å². The lowest BCUT2D eigenvalue weighted by Gasteiger charge is -2.26. The van der Waals surface area contributed by atoms with E-state index in [0.29, 0.717) is 12.0 Å². The predicted octanol–water partition coefficient (Wildman–Crippen LogP) is 2.16. The quantitative estimate of drug-likeness (QED) is 0.331. The van der Waals surface area contributed by atoms with Crippen molar-refractivity contribution < 1.29 is 28.6 Å². The van der Waals surface area contributed by atoms with Crippen LogP contribution in [-0.2, 0) is 28.6 Å². The van der Waals surface area contributed by atoms with E-state index < -0.39 is 36.0 Å². The minimum absolute atomic E-state index is 0.137. The van der Waals surface area contributed by atoms with E-state index in [1.54, 1.807) is 6.08 Å². The van der Waals surface area contributed by atoms with Crippen molar-refractivity contribution in [3.63, 3.8) is 0 Å². The van der Waals surface area contributed by atoms with Crippen LogP contribution in [0.3, 0.4) is 0 Å². The number of carbonyl (C=O) groups is 3. The number of ether oxygens (including phenoxy) is 3. The third-order valence-corrected chi connectivity index (χ3v) is 4.57. The Morgan fingerprint density at radius 2 is 1.92 bits per heavy atom. The molecule has 0 N–H and O–H groups in total. The summed E-state index contributed by atoms with van der Waals surface area (Å²) < 4.78 is 16.3. The van der Waals surface area contributed by atoms with Crippen molar-refractivity contribution in [1.29, 1.82) is 0 Å². The first-order valence-corrected chi connectivity index (χ1v) is 8.11. The van der Waals surface area contributed by atoms with E-state index in [9.17, 15) is 14.4 Å². The van der Waals surface area contributed by atoms with Gasteiger partial charge in [-0.05, 0) is 26.0 Å². The van der Waals surface area contributed by atoms with Gasteiger partial charge in [0.15, 0.2) is 0 Å². The Hall–Kier alpha value is -2.63. The number of fused-ring (bicyclic) bond motifs is 2. The molecule has 3 rings (SSSR count). The fourth-order valence-electron chi connectivity index (χ4n) is 3.33. The smallest absolute Gasteiger partial charge is 0.334 e. The second-order valence-electron chi connectivity index (χ2n) is 6.70. The molecule has 3 aliphatic rings. The molecule has 4 atom stereocenters. The van der Waals surface area contributed by atoms with Crippen molar-refractivity contribution in [3.05, 3.63) is 47.6 Å². The summed E-state index contributed by atoms with van der Waals surface area (Å²) in [5.41, 5.74) is 1.82. The van der Waals surface area contributed by atoms with Crippen LogP contribution >= 0.6 is 0 Å². The highest BCUT2D eigenvalue weighted by Gasteiger charge is 2.46. The van der Waals surface area contributed by atoms with Crippen molar-refractivity contribution >= 4 is 17.9 Å². The van der Waals surface area contributed by atoms with E-state index in [4.69, 9.17) is 14.2 Å². The summed E-state index contributed by atoms with van der Waals surface area (Å²) in [4.78, 5) is 36.2. The standard InChI is InChI=1S/C19H20O6/c1-9(2)17(20)24-15-8-12-7-13(23-19(12)22)5-10(3)6-14-16(15)11(4)18(21)25-14/h6-7,13-16H,1,4-5,8H2,2-3H3/b10-6-/t13?,14-,15+,16-/m1/s1. The van der Waals surface area contributed by atoms with Gasteiger partial charge in [0, 0.05) is 29.6 Å². The Bertz CT molecular complexity index is 741. The lowest BCUT2D eigenvalue weighted by atomic mass is 9.85. The van der Waals surface area contributed by atoms with Gasteiger partial charge in [0.2, 0.25) is 0 Å². The van der Waals surface area contributed by atoms with E-state index >= 15 is 0 Å². The van der Waals surface area contributed by atoms with Crippen molar-refractivity contribution in [3.8, 4) is 0 Å². The first-order valence-electron chi connectivity index (χ1n) is 8.11. The lowest BCUT2D eigenvalue weighted by molar-refractivity contribution is -0.148. The molecule has 6 heteroatoms. The van der Waals surface area contributed by atoms with Crippen molar-refractivity contribution in [2.75, 3.05) is 0 Å². The Morgan fingerprint density at radius 1 is 1.20 bits per heavy atom. The highest BCUT2D eigenvalue weighted by atomic mass is 16.6. The number of hydrogen-bond acceptors (Lipinski definition) is 6. The molecule has 2 bridgehead atoms. The van der Waals surface area contributed by atoms with Crippen LogP contribution in [-0.4, -0.2) is 36.2 Å². The number of hydrogen-bond donors (Lipinski definition) is 0. The van der Waals surface area contributed by atoms with Gasteiger partial charge in [0.25, 0.3) is 0 Å². The van der Waals surface area contributed by atoms with Gasteiger partial charge in [0.05, 0.1) is 5.92 Å². The largest absolute Gasteiger partial charge is 0.458 e. The highest BCUT2D eigenvalue weighted by Crippen LogP contribution is 2.38. The second-order valence-corrected chi connectivity index (χ2v) is 6.70. The molecule has 0 radical (unpaired) electrons. The molecular formula is C19H20O6. The molecule has 0 aromatic rings. The third kappa shape index (κ3) is 3.29. The van der Waals surface area contributed by atoms with E-state index in [1.807, 2.05) is 13.0 Å². The average Bonchev–Trinajstić information content (AvgIpc) is 2.98. The maximum Gasteiger partial charge on any atom is 0.334 e. The Morgan fingerprint density at radius 3 is 2.60 bits per heavy atom. The summed E-state index contributed by atoms with van der Waals surface area (Å²) in [5.74, 6) is -2.09. The topological polar surface area (TPSA) is 78.9 Å². The molecule has 2 aliphatic heterocycles. The monoisotopic (exact) mass is 344 g/mol. The minimum Gasteiger partial charge on any atom is -0.458 e. The molecule has 0 saturated carbocycles. The van der Waals surface area contributed by atoms with Crippen LogP contribution in [0.1, 0.15) is 26.7 Å². The summed E-state index contributed by atoms with van der Waals surface area (Å²) >= 11 is 0.